The normalized spacial score (nSPS) is 26.9. The van der Waals surface area contributed by atoms with Crippen molar-refractivity contribution in [3.8, 4) is 0 Å². The number of fused-ring (bicyclic) bond motifs is 2. The van der Waals surface area contributed by atoms with Gasteiger partial charge in [0.15, 0.2) is 0 Å². The van der Waals surface area contributed by atoms with E-state index in [0.717, 1.165) is 50.5 Å². The molecule has 0 bridgehead atoms. The van der Waals surface area contributed by atoms with Gasteiger partial charge in [0.25, 0.3) is 0 Å². The molecule has 2 fully saturated rings. The molecule has 1 aromatic rings. The zero-order valence-electron chi connectivity index (χ0n) is 14.2. The Labute approximate surface area is 148 Å². The Balaban J connectivity index is 1.44. The third-order valence-electron chi connectivity index (χ3n) is 5.40. The fraction of sp³-hybridized carbons (Fsp3) is 0.632. The first kappa shape index (κ1) is 16.4. The maximum absolute atomic E-state index is 12.9. The SMILES string of the molecule is O=C(CSC[C@@H]1CCCO1)N1C[C@H]2CCCN2Cc2ccccc21. The smallest absolute Gasteiger partial charge is 0.237 e. The molecule has 3 aliphatic heterocycles. The summed E-state index contributed by atoms with van der Waals surface area (Å²) < 4.78 is 5.66. The fourth-order valence-electron chi connectivity index (χ4n) is 4.11. The number of benzene rings is 1. The minimum atomic E-state index is 0.249. The molecule has 4 rings (SSSR count). The molecule has 0 radical (unpaired) electrons. The minimum absolute atomic E-state index is 0.249. The van der Waals surface area contributed by atoms with Crippen LogP contribution in [0.25, 0.3) is 0 Å². The number of hydrogen-bond acceptors (Lipinski definition) is 4. The molecule has 0 aromatic heterocycles. The van der Waals surface area contributed by atoms with Gasteiger partial charge in [0, 0.05) is 37.2 Å². The number of carbonyl (C=O) groups excluding carboxylic acids is 1. The summed E-state index contributed by atoms with van der Waals surface area (Å²) in [7, 11) is 0. The van der Waals surface area contributed by atoms with Gasteiger partial charge in [-0.05, 0) is 43.9 Å². The standard InChI is InChI=1S/C19H26N2O2S/c22-19(14-24-13-17-7-4-10-23-17)21-12-16-6-3-9-20(16)11-15-5-1-2-8-18(15)21/h1-2,5,8,16-17H,3-4,6-7,9-14H2/t16-,17+/m1/s1. The summed E-state index contributed by atoms with van der Waals surface area (Å²) in [5.41, 5.74) is 2.41. The summed E-state index contributed by atoms with van der Waals surface area (Å²) in [4.78, 5) is 17.5. The topological polar surface area (TPSA) is 32.8 Å². The Morgan fingerprint density at radius 3 is 3.04 bits per heavy atom. The lowest BCUT2D eigenvalue weighted by Crippen LogP contribution is -2.41. The first-order valence-electron chi connectivity index (χ1n) is 9.13. The number of rotatable bonds is 4. The summed E-state index contributed by atoms with van der Waals surface area (Å²) in [6.45, 7) is 3.87. The molecule has 24 heavy (non-hydrogen) atoms. The molecule has 0 unspecified atom stereocenters. The number of thioether (sulfide) groups is 1. The van der Waals surface area contributed by atoms with Crippen LogP contribution in [0.4, 0.5) is 5.69 Å². The van der Waals surface area contributed by atoms with Gasteiger partial charge >= 0.3 is 0 Å². The van der Waals surface area contributed by atoms with Gasteiger partial charge in [0.2, 0.25) is 5.91 Å². The second-order valence-corrected chi connectivity index (χ2v) is 8.08. The van der Waals surface area contributed by atoms with E-state index in [0.29, 0.717) is 17.9 Å². The quantitative estimate of drug-likeness (QED) is 0.839. The third-order valence-corrected chi connectivity index (χ3v) is 6.46. The second kappa shape index (κ2) is 7.46. The van der Waals surface area contributed by atoms with Gasteiger partial charge in [-0.15, -0.1) is 11.8 Å². The summed E-state index contributed by atoms with van der Waals surface area (Å²) in [5, 5.41) is 0. The van der Waals surface area contributed by atoms with Crippen LogP contribution in [-0.2, 0) is 16.1 Å². The van der Waals surface area contributed by atoms with Gasteiger partial charge in [-0.3, -0.25) is 9.69 Å². The molecule has 2 saturated heterocycles. The van der Waals surface area contributed by atoms with Crippen molar-refractivity contribution in [2.75, 3.05) is 36.1 Å². The van der Waals surface area contributed by atoms with Gasteiger partial charge in [-0.25, -0.2) is 0 Å². The number of anilines is 1. The van der Waals surface area contributed by atoms with E-state index in [-0.39, 0.29) is 5.91 Å². The lowest BCUT2D eigenvalue weighted by molar-refractivity contribution is -0.116. The molecule has 5 heteroatoms. The van der Waals surface area contributed by atoms with Gasteiger partial charge in [0.1, 0.15) is 0 Å². The molecule has 0 N–H and O–H groups in total. The van der Waals surface area contributed by atoms with Crippen molar-refractivity contribution in [3.63, 3.8) is 0 Å². The second-order valence-electron chi connectivity index (χ2n) is 7.05. The van der Waals surface area contributed by atoms with Crippen LogP contribution in [0.3, 0.4) is 0 Å². The van der Waals surface area contributed by atoms with E-state index >= 15 is 0 Å². The molecule has 130 valence electrons. The zero-order chi connectivity index (χ0) is 16.4. The third kappa shape index (κ3) is 3.48. The minimum Gasteiger partial charge on any atom is -0.377 e. The predicted octanol–water partition coefficient (Wildman–Crippen LogP) is 2.91. The number of ether oxygens (including phenoxy) is 1. The average Bonchev–Trinajstić information content (AvgIpc) is 3.23. The van der Waals surface area contributed by atoms with E-state index in [1.807, 2.05) is 4.90 Å². The lowest BCUT2D eigenvalue weighted by Gasteiger charge is -2.26. The Bertz CT molecular complexity index is 588. The maximum atomic E-state index is 12.9. The van der Waals surface area contributed by atoms with Crippen LogP contribution in [-0.4, -0.2) is 54.2 Å². The Morgan fingerprint density at radius 1 is 1.25 bits per heavy atom. The van der Waals surface area contributed by atoms with Gasteiger partial charge in [-0.1, -0.05) is 18.2 Å². The highest BCUT2D eigenvalue weighted by Gasteiger charge is 2.33. The van der Waals surface area contributed by atoms with Crippen LogP contribution in [0.5, 0.6) is 0 Å². The van der Waals surface area contributed by atoms with Crippen molar-refractivity contribution in [1.29, 1.82) is 0 Å². The highest BCUT2D eigenvalue weighted by atomic mass is 32.2. The maximum Gasteiger partial charge on any atom is 0.237 e. The highest BCUT2D eigenvalue weighted by molar-refractivity contribution is 8.00. The largest absolute Gasteiger partial charge is 0.377 e. The van der Waals surface area contributed by atoms with Crippen LogP contribution in [0.1, 0.15) is 31.2 Å². The first-order valence-corrected chi connectivity index (χ1v) is 10.3. The van der Waals surface area contributed by atoms with Gasteiger partial charge in [0.05, 0.1) is 11.9 Å². The number of para-hydroxylation sites is 1. The fourth-order valence-corrected chi connectivity index (χ4v) is 5.09. The van der Waals surface area contributed by atoms with E-state index in [1.54, 1.807) is 11.8 Å². The monoisotopic (exact) mass is 346 g/mol. The molecule has 1 amide bonds. The first-order chi connectivity index (χ1) is 11.8. The molecular formula is C19H26N2O2S. The van der Waals surface area contributed by atoms with Crippen LogP contribution in [0.2, 0.25) is 0 Å². The summed E-state index contributed by atoms with van der Waals surface area (Å²) in [5.74, 6) is 1.75. The molecule has 2 atom stereocenters. The lowest BCUT2D eigenvalue weighted by atomic mass is 10.1. The van der Waals surface area contributed by atoms with E-state index in [4.69, 9.17) is 4.74 Å². The zero-order valence-corrected chi connectivity index (χ0v) is 15.0. The molecule has 0 saturated carbocycles. The van der Waals surface area contributed by atoms with Crippen LogP contribution in [0.15, 0.2) is 24.3 Å². The summed E-state index contributed by atoms with van der Waals surface area (Å²) >= 11 is 1.73. The van der Waals surface area contributed by atoms with Gasteiger partial charge in [-0.2, -0.15) is 0 Å². The van der Waals surface area contributed by atoms with Crippen LogP contribution >= 0.6 is 11.8 Å². The number of hydrogen-bond donors (Lipinski definition) is 0. The Kier molecular flexibility index (Phi) is 5.11. The molecule has 3 aliphatic rings. The summed E-state index contributed by atoms with van der Waals surface area (Å²) in [6, 6.07) is 8.94. The Hall–Kier alpha value is -1.04. The van der Waals surface area contributed by atoms with E-state index in [9.17, 15) is 4.79 Å². The molecule has 1 aromatic carbocycles. The average molecular weight is 346 g/mol. The number of amides is 1. The van der Waals surface area contributed by atoms with Crippen molar-refractivity contribution in [2.45, 2.75) is 44.4 Å². The highest BCUT2D eigenvalue weighted by Crippen LogP contribution is 2.32. The van der Waals surface area contributed by atoms with Crippen molar-refractivity contribution in [2.24, 2.45) is 0 Å². The molecule has 0 spiro atoms. The van der Waals surface area contributed by atoms with Crippen molar-refractivity contribution >= 4 is 23.4 Å². The number of carbonyl (C=O) groups is 1. The van der Waals surface area contributed by atoms with Gasteiger partial charge < -0.3 is 9.64 Å². The van der Waals surface area contributed by atoms with E-state index in [2.05, 4.69) is 29.2 Å². The van der Waals surface area contributed by atoms with Crippen molar-refractivity contribution < 1.29 is 9.53 Å². The van der Waals surface area contributed by atoms with Crippen molar-refractivity contribution in [3.05, 3.63) is 29.8 Å². The van der Waals surface area contributed by atoms with Crippen LogP contribution < -0.4 is 4.90 Å². The molecular weight excluding hydrogens is 320 g/mol. The van der Waals surface area contributed by atoms with Crippen molar-refractivity contribution in [1.82, 2.24) is 4.90 Å². The van der Waals surface area contributed by atoms with E-state index in [1.165, 1.54) is 18.4 Å². The van der Waals surface area contributed by atoms with E-state index < -0.39 is 0 Å². The Morgan fingerprint density at radius 2 is 2.17 bits per heavy atom. The predicted molar refractivity (Wildman–Crippen MR) is 98.5 cm³/mol. The van der Waals surface area contributed by atoms with Crippen LogP contribution in [0, 0.1) is 0 Å². The molecule has 0 aliphatic carbocycles. The number of nitrogens with zero attached hydrogens (tertiary/aromatic N) is 2. The summed E-state index contributed by atoms with van der Waals surface area (Å²) in [6.07, 6.45) is 5.12. The molecule has 4 nitrogen and oxygen atoms in total. The molecule has 3 heterocycles.